The van der Waals surface area contributed by atoms with Crippen LogP contribution >= 0.6 is 0 Å². The third kappa shape index (κ3) is 4.41. The molecular weight excluding hydrogens is 332 g/mol. The van der Waals surface area contributed by atoms with E-state index in [-0.39, 0.29) is 29.7 Å². The number of rotatable bonds is 7. The summed E-state index contributed by atoms with van der Waals surface area (Å²) >= 11 is 0. The highest BCUT2D eigenvalue weighted by molar-refractivity contribution is 5.33. The van der Waals surface area contributed by atoms with Gasteiger partial charge in [0.2, 0.25) is 5.82 Å². The minimum atomic E-state index is -1.10. The Bertz CT molecular complexity index is 769. The first-order valence-electron chi connectivity index (χ1n) is 8.20. The van der Waals surface area contributed by atoms with Crippen molar-refractivity contribution in [3.05, 3.63) is 76.6 Å². The molecule has 0 aromatic heterocycles. The van der Waals surface area contributed by atoms with E-state index >= 15 is 0 Å². The lowest BCUT2D eigenvalue weighted by molar-refractivity contribution is 0.411. The molecule has 25 heavy (non-hydrogen) atoms. The van der Waals surface area contributed by atoms with Gasteiger partial charge in [0.05, 0.1) is 6.26 Å². The zero-order valence-electron chi connectivity index (χ0n) is 14.2. The van der Waals surface area contributed by atoms with Crippen molar-refractivity contribution in [3.63, 3.8) is 0 Å². The topological polar surface area (TPSA) is 9.23 Å². The maximum absolute atomic E-state index is 14.1. The van der Waals surface area contributed by atoms with Gasteiger partial charge in [0.1, 0.15) is 0 Å². The number of hydrogen-bond donors (Lipinski definition) is 0. The van der Waals surface area contributed by atoms with Crippen LogP contribution in [0, 0.1) is 23.3 Å². The first-order chi connectivity index (χ1) is 12.0. The van der Waals surface area contributed by atoms with Crippen LogP contribution in [0.1, 0.15) is 37.0 Å². The lowest BCUT2D eigenvalue weighted by Crippen LogP contribution is -2.03. The van der Waals surface area contributed by atoms with Crippen LogP contribution in [-0.4, -0.2) is 0 Å². The van der Waals surface area contributed by atoms with Crippen molar-refractivity contribution in [2.45, 2.75) is 39.5 Å². The third-order valence-electron chi connectivity index (χ3n) is 3.88. The Balaban J connectivity index is 2.16. The Kier molecular flexibility index (Phi) is 6.62. The normalized spacial score (nSPS) is 11.3. The summed E-state index contributed by atoms with van der Waals surface area (Å²) in [6.45, 7) is 3.56. The summed E-state index contributed by atoms with van der Waals surface area (Å²) in [4.78, 5) is 0. The quantitative estimate of drug-likeness (QED) is 0.446. The van der Waals surface area contributed by atoms with Gasteiger partial charge in [-0.1, -0.05) is 37.6 Å². The van der Waals surface area contributed by atoms with E-state index in [2.05, 4.69) is 0 Å². The van der Waals surface area contributed by atoms with Crippen LogP contribution in [0.15, 0.2) is 36.6 Å². The molecule has 0 spiro atoms. The van der Waals surface area contributed by atoms with Crippen molar-refractivity contribution in [2.75, 3.05) is 0 Å². The highest BCUT2D eigenvalue weighted by Crippen LogP contribution is 2.25. The van der Waals surface area contributed by atoms with Crippen LogP contribution in [0.4, 0.5) is 17.6 Å². The van der Waals surface area contributed by atoms with Gasteiger partial charge in [-0.3, -0.25) is 0 Å². The molecule has 0 amide bonds. The van der Waals surface area contributed by atoms with E-state index in [1.165, 1.54) is 24.5 Å². The molecule has 0 atom stereocenters. The molecule has 0 aliphatic heterocycles. The molecule has 5 heteroatoms. The molecule has 0 saturated carbocycles. The van der Waals surface area contributed by atoms with Gasteiger partial charge in [0.15, 0.2) is 23.2 Å². The van der Waals surface area contributed by atoms with Crippen molar-refractivity contribution in [3.8, 4) is 5.75 Å². The van der Waals surface area contributed by atoms with E-state index < -0.39 is 23.3 Å². The molecule has 0 aliphatic carbocycles. The molecular formula is C20H20F4O. The van der Waals surface area contributed by atoms with Crippen molar-refractivity contribution in [1.82, 2.24) is 0 Å². The second-order valence-corrected chi connectivity index (χ2v) is 5.70. The first-order valence-corrected chi connectivity index (χ1v) is 8.20. The summed E-state index contributed by atoms with van der Waals surface area (Å²) in [5, 5.41) is 0. The van der Waals surface area contributed by atoms with Gasteiger partial charge in [-0.05, 0) is 48.9 Å². The Labute approximate surface area is 144 Å². The van der Waals surface area contributed by atoms with E-state index in [4.69, 9.17) is 4.74 Å². The Morgan fingerprint density at radius 3 is 1.76 bits per heavy atom. The summed E-state index contributed by atoms with van der Waals surface area (Å²) in [5.74, 6) is -4.13. The SMILES string of the molecule is CC=COc1ccc(CCc2ccc(CCC)c(F)c2F)c(F)c1F. The summed E-state index contributed by atoms with van der Waals surface area (Å²) < 4.78 is 61.0. The van der Waals surface area contributed by atoms with E-state index in [0.29, 0.717) is 18.4 Å². The van der Waals surface area contributed by atoms with Crippen molar-refractivity contribution >= 4 is 0 Å². The number of benzene rings is 2. The zero-order valence-corrected chi connectivity index (χ0v) is 14.2. The minimum Gasteiger partial charge on any atom is -0.462 e. The molecule has 0 aliphatic rings. The van der Waals surface area contributed by atoms with Crippen LogP contribution < -0.4 is 4.74 Å². The van der Waals surface area contributed by atoms with Crippen molar-refractivity contribution < 1.29 is 22.3 Å². The maximum atomic E-state index is 14.1. The number of ether oxygens (including phenoxy) is 1. The van der Waals surface area contributed by atoms with Crippen LogP contribution in [0.2, 0.25) is 0 Å². The molecule has 1 nitrogen and oxygen atoms in total. The van der Waals surface area contributed by atoms with Gasteiger partial charge < -0.3 is 4.74 Å². The van der Waals surface area contributed by atoms with Gasteiger partial charge in [-0.25, -0.2) is 13.2 Å². The van der Waals surface area contributed by atoms with Gasteiger partial charge >= 0.3 is 0 Å². The molecule has 0 fully saturated rings. The van der Waals surface area contributed by atoms with Crippen LogP contribution in [0.25, 0.3) is 0 Å². The van der Waals surface area contributed by atoms with Crippen molar-refractivity contribution in [1.29, 1.82) is 0 Å². The average molecular weight is 352 g/mol. The number of aryl methyl sites for hydroxylation is 3. The summed E-state index contributed by atoms with van der Waals surface area (Å²) in [6, 6.07) is 5.75. The predicted octanol–water partition coefficient (Wildman–Crippen LogP) is 5.89. The van der Waals surface area contributed by atoms with Crippen molar-refractivity contribution in [2.24, 2.45) is 0 Å². The lowest BCUT2D eigenvalue weighted by Gasteiger charge is -2.10. The Hall–Kier alpha value is -2.30. The molecule has 0 heterocycles. The van der Waals surface area contributed by atoms with E-state index in [1.807, 2.05) is 6.92 Å². The lowest BCUT2D eigenvalue weighted by atomic mass is 10.00. The van der Waals surface area contributed by atoms with Crippen LogP contribution in [0.5, 0.6) is 5.75 Å². The molecule has 0 bridgehead atoms. The molecule has 2 aromatic rings. The smallest absolute Gasteiger partial charge is 0.201 e. The highest BCUT2D eigenvalue weighted by atomic mass is 19.2. The summed E-state index contributed by atoms with van der Waals surface area (Å²) in [5.41, 5.74) is 0.556. The fourth-order valence-corrected chi connectivity index (χ4v) is 2.55. The van der Waals surface area contributed by atoms with Gasteiger partial charge in [-0.15, -0.1) is 0 Å². The van der Waals surface area contributed by atoms with E-state index in [1.54, 1.807) is 19.1 Å². The average Bonchev–Trinajstić information content (AvgIpc) is 2.61. The fourth-order valence-electron chi connectivity index (χ4n) is 2.55. The van der Waals surface area contributed by atoms with E-state index in [9.17, 15) is 17.6 Å². The van der Waals surface area contributed by atoms with Crippen LogP contribution in [-0.2, 0) is 19.3 Å². The number of hydrogen-bond acceptors (Lipinski definition) is 1. The Morgan fingerprint density at radius 2 is 1.24 bits per heavy atom. The second kappa shape index (κ2) is 8.70. The largest absolute Gasteiger partial charge is 0.462 e. The molecule has 0 saturated heterocycles. The third-order valence-corrected chi connectivity index (χ3v) is 3.88. The Morgan fingerprint density at radius 1 is 0.760 bits per heavy atom. The standard InChI is InChI=1S/C20H20F4O/c1-3-5-13-6-7-14(18(22)17(13)21)8-9-15-10-11-16(25-12-4-2)20(24)19(15)23/h4,6-7,10-12H,3,5,8-9H2,1-2H3. The molecule has 2 aromatic carbocycles. The molecule has 0 unspecified atom stereocenters. The number of halogens is 4. The summed E-state index contributed by atoms with van der Waals surface area (Å²) in [7, 11) is 0. The maximum Gasteiger partial charge on any atom is 0.201 e. The molecule has 134 valence electrons. The monoisotopic (exact) mass is 352 g/mol. The van der Waals surface area contributed by atoms with Crippen LogP contribution in [0.3, 0.4) is 0 Å². The fraction of sp³-hybridized carbons (Fsp3) is 0.300. The predicted molar refractivity (Wildman–Crippen MR) is 89.6 cm³/mol. The molecule has 0 radical (unpaired) electrons. The minimum absolute atomic E-state index is 0.0517. The molecule has 0 N–H and O–H groups in total. The summed E-state index contributed by atoms with van der Waals surface area (Å²) in [6.07, 6.45) is 4.08. The van der Waals surface area contributed by atoms with E-state index in [0.717, 1.165) is 0 Å². The number of allylic oxidation sites excluding steroid dienone is 1. The van der Waals surface area contributed by atoms with Gasteiger partial charge in [0.25, 0.3) is 0 Å². The van der Waals surface area contributed by atoms with Gasteiger partial charge in [-0.2, -0.15) is 4.39 Å². The molecule has 2 rings (SSSR count). The van der Waals surface area contributed by atoms with Gasteiger partial charge in [0, 0.05) is 0 Å². The zero-order chi connectivity index (χ0) is 18.4. The first kappa shape index (κ1) is 19.0. The highest BCUT2D eigenvalue weighted by Gasteiger charge is 2.16. The second-order valence-electron chi connectivity index (χ2n) is 5.70.